The maximum Gasteiger partial charge on any atom is 0.325 e. The standard InChI is InChI=1S/C39H48N4O6/c1-7-46-38(45)34(22-44)43-21-30-18-26(2)36(19-37(30)49-24-31(42)20-39(5,6)25-41)48-23-29-12-10-13-32(27(29)3)33-14-11-15-35(28(33)4)47-17-9-8-16-40/h10-15,18-20,34,43-44H,7-9,17,21-24,42H2,1-6H3/b31-20-. The van der Waals surface area contributed by atoms with Crippen molar-refractivity contribution in [3.8, 4) is 40.5 Å². The predicted octanol–water partition coefficient (Wildman–Crippen LogP) is 6.33. The number of benzene rings is 3. The van der Waals surface area contributed by atoms with Gasteiger partial charge in [-0.15, -0.1) is 0 Å². The second kappa shape index (κ2) is 18.5. The molecule has 0 radical (unpaired) electrons. The van der Waals surface area contributed by atoms with Crippen LogP contribution >= 0.6 is 0 Å². The number of unbranched alkanes of at least 4 members (excludes halogenated alkanes) is 1. The first-order valence-corrected chi connectivity index (χ1v) is 16.4. The highest BCUT2D eigenvalue weighted by molar-refractivity contribution is 5.76. The molecular weight excluding hydrogens is 620 g/mol. The zero-order valence-corrected chi connectivity index (χ0v) is 29.4. The fourth-order valence-corrected chi connectivity index (χ4v) is 5.24. The van der Waals surface area contributed by atoms with Crippen molar-refractivity contribution in [1.82, 2.24) is 5.32 Å². The Hall–Kier alpha value is -5.03. The van der Waals surface area contributed by atoms with E-state index in [1.54, 1.807) is 32.9 Å². The number of hydrogen-bond acceptors (Lipinski definition) is 10. The molecule has 1 atom stereocenters. The molecule has 0 bridgehead atoms. The molecule has 0 saturated carbocycles. The number of carbonyl (C=O) groups excluding carboxylic acids is 1. The second-order valence-electron chi connectivity index (χ2n) is 12.4. The molecule has 260 valence electrons. The molecule has 49 heavy (non-hydrogen) atoms. The van der Waals surface area contributed by atoms with Gasteiger partial charge in [0.05, 0.1) is 37.4 Å². The number of esters is 1. The van der Waals surface area contributed by atoms with E-state index in [-0.39, 0.29) is 19.8 Å². The molecule has 1 unspecified atom stereocenters. The lowest BCUT2D eigenvalue weighted by Crippen LogP contribution is -2.40. The van der Waals surface area contributed by atoms with Crippen LogP contribution in [0, 0.1) is 48.8 Å². The van der Waals surface area contributed by atoms with Gasteiger partial charge in [0.25, 0.3) is 0 Å². The SMILES string of the molecule is CCOC(=O)C(CO)NCc1cc(C)c(OCc2cccc(-c3cccc(OCCCC#N)c3C)c2C)cc1OC/C(N)=C/C(C)(C)C#N. The third-order valence-corrected chi connectivity index (χ3v) is 7.97. The average Bonchev–Trinajstić information content (AvgIpc) is 3.07. The van der Waals surface area contributed by atoms with E-state index in [0.29, 0.717) is 43.3 Å². The van der Waals surface area contributed by atoms with E-state index in [1.807, 2.05) is 44.2 Å². The number of nitrogens with two attached hydrogens (primary N) is 1. The summed E-state index contributed by atoms with van der Waals surface area (Å²) in [6.07, 6.45) is 2.79. The third-order valence-electron chi connectivity index (χ3n) is 7.97. The number of aliphatic hydroxyl groups excluding tert-OH is 1. The highest BCUT2D eigenvalue weighted by atomic mass is 16.5. The molecule has 0 saturated heterocycles. The maximum atomic E-state index is 12.3. The number of aryl methyl sites for hydroxylation is 1. The Morgan fingerprint density at radius 3 is 2.37 bits per heavy atom. The summed E-state index contributed by atoms with van der Waals surface area (Å²) < 4.78 is 23.6. The molecule has 3 aromatic carbocycles. The molecule has 0 fully saturated rings. The van der Waals surface area contributed by atoms with Crippen molar-refractivity contribution in [2.24, 2.45) is 11.1 Å². The lowest BCUT2D eigenvalue weighted by molar-refractivity contribution is -0.146. The van der Waals surface area contributed by atoms with Crippen LogP contribution in [0.2, 0.25) is 0 Å². The normalized spacial score (nSPS) is 12.1. The van der Waals surface area contributed by atoms with Crippen molar-refractivity contribution in [1.29, 1.82) is 10.5 Å². The maximum absolute atomic E-state index is 12.3. The molecule has 0 aliphatic heterocycles. The Balaban J connectivity index is 1.88. The summed E-state index contributed by atoms with van der Waals surface area (Å²) in [5, 5.41) is 31.1. The average molecular weight is 669 g/mol. The number of hydrogen-bond donors (Lipinski definition) is 3. The summed E-state index contributed by atoms with van der Waals surface area (Å²) in [5.41, 5.74) is 12.7. The van der Waals surface area contributed by atoms with Gasteiger partial charge in [0, 0.05) is 30.3 Å². The minimum atomic E-state index is -0.903. The highest BCUT2D eigenvalue weighted by Gasteiger charge is 2.20. The molecule has 0 amide bonds. The zero-order valence-electron chi connectivity index (χ0n) is 29.4. The van der Waals surface area contributed by atoms with Gasteiger partial charge in [-0.1, -0.05) is 30.3 Å². The zero-order chi connectivity index (χ0) is 36.0. The van der Waals surface area contributed by atoms with Gasteiger partial charge in [-0.2, -0.15) is 10.5 Å². The minimum Gasteiger partial charge on any atom is -0.493 e. The van der Waals surface area contributed by atoms with Crippen LogP contribution in [-0.2, 0) is 22.7 Å². The molecule has 4 N–H and O–H groups in total. The highest BCUT2D eigenvalue weighted by Crippen LogP contribution is 2.35. The number of rotatable bonds is 18. The first-order chi connectivity index (χ1) is 23.4. The first-order valence-electron chi connectivity index (χ1n) is 16.4. The number of aliphatic hydroxyl groups is 1. The van der Waals surface area contributed by atoms with Crippen LogP contribution in [0.15, 0.2) is 60.3 Å². The molecule has 10 heteroatoms. The van der Waals surface area contributed by atoms with E-state index in [2.05, 4.69) is 36.5 Å². The number of ether oxygens (including phenoxy) is 4. The van der Waals surface area contributed by atoms with E-state index in [4.69, 9.17) is 29.9 Å². The van der Waals surface area contributed by atoms with Crippen molar-refractivity contribution >= 4 is 5.97 Å². The Bertz CT molecular complexity index is 1700. The van der Waals surface area contributed by atoms with Crippen LogP contribution in [-0.4, -0.2) is 43.5 Å². The number of nitrogens with zero attached hydrogens (tertiary/aromatic N) is 2. The van der Waals surface area contributed by atoms with Gasteiger partial charge in [-0.25, -0.2) is 0 Å². The van der Waals surface area contributed by atoms with E-state index >= 15 is 0 Å². The van der Waals surface area contributed by atoms with E-state index in [9.17, 15) is 15.2 Å². The summed E-state index contributed by atoms with van der Waals surface area (Å²) in [6.45, 7) is 12.1. The van der Waals surface area contributed by atoms with Crippen LogP contribution in [0.4, 0.5) is 0 Å². The molecule has 3 aromatic rings. The molecule has 10 nitrogen and oxygen atoms in total. The molecule has 0 aromatic heterocycles. The van der Waals surface area contributed by atoms with Crippen molar-refractivity contribution in [3.05, 3.63) is 88.1 Å². The second-order valence-corrected chi connectivity index (χ2v) is 12.4. The van der Waals surface area contributed by atoms with Crippen molar-refractivity contribution in [2.75, 3.05) is 26.4 Å². The number of nitrogens with one attached hydrogen (secondary N) is 1. The Labute approximate surface area is 290 Å². The van der Waals surface area contributed by atoms with Gasteiger partial charge in [-0.05, 0) is 99.6 Å². The Morgan fingerprint density at radius 1 is 0.980 bits per heavy atom. The van der Waals surface area contributed by atoms with Crippen molar-refractivity contribution in [2.45, 2.75) is 73.6 Å². The third kappa shape index (κ3) is 11.0. The number of allylic oxidation sites excluding steroid dienone is 1. The lowest BCUT2D eigenvalue weighted by Gasteiger charge is -2.20. The van der Waals surface area contributed by atoms with E-state index < -0.39 is 24.0 Å². The summed E-state index contributed by atoms with van der Waals surface area (Å²) in [7, 11) is 0. The van der Waals surface area contributed by atoms with Crippen molar-refractivity contribution < 1.29 is 28.8 Å². The fraction of sp³-hybridized carbons (Fsp3) is 0.410. The number of nitriles is 2. The molecular formula is C39H48N4O6. The first kappa shape index (κ1) is 38.4. The van der Waals surface area contributed by atoms with Crippen LogP contribution in [0.1, 0.15) is 61.4 Å². The van der Waals surface area contributed by atoms with Crippen molar-refractivity contribution in [3.63, 3.8) is 0 Å². The van der Waals surface area contributed by atoms with Gasteiger partial charge in [0.1, 0.15) is 36.5 Å². The summed E-state index contributed by atoms with van der Waals surface area (Å²) in [6, 6.07) is 19.3. The van der Waals surface area contributed by atoms with Crippen LogP contribution < -0.4 is 25.3 Å². The molecule has 3 rings (SSSR count). The fourth-order valence-electron chi connectivity index (χ4n) is 5.24. The summed E-state index contributed by atoms with van der Waals surface area (Å²) in [5.74, 6) is 1.34. The van der Waals surface area contributed by atoms with Gasteiger partial charge >= 0.3 is 5.97 Å². The summed E-state index contributed by atoms with van der Waals surface area (Å²) in [4.78, 5) is 12.3. The van der Waals surface area contributed by atoms with Gasteiger partial charge in [0.2, 0.25) is 0 Å². The van der Waals surface area contributed by atoms with E-state index in [1.165, 1.54) is 0 Å². The number of carbonyl (C=O) groups is 1. The topological polar surface area (TPSA) is 160 Å². The van der Waals surface area contributed by atoms with Gasteiger partial charge < -0.3 is 29.8 Å². The summed E-state index contributed by atoms with van der Waals surface area (Å²) >= 11 is 0. The smallest absolute Gasteiger partial charge is 0.325 e. The molecule has 0 heterocycles. The van der Waals surface area contributed by atoms with Crippen LogP contribution in [0.5, 0.6) is 17.2 Å². The quantitative estimate of drug-likeness (QED) is 0.103. The monoisotopic (exact) mass is 668 g/mol. The van der Waals surface area contributed by atoms with Gasteiger partial charge in [0.15, 0.2) is 0 Å². The Kier molecular flexibility index (Phi) is 14.5. The molecule has 0 aliphatic carbocycles. The van der Waals surface area contributed by atoms with Crippen LogP contribution in [0.25, 0.3) is 11.1 Å². The predicted molar refractivity (Wildman–Crippen MR) is 189 cm³/mol. The molecule has 0 spiro atoms. The largest absolute Gasteiger partial charge is 0.493 e. The minimum absolute atomic E-state index is 0.0313. The van der Waals surface area contributed by atoms with E-state index in [0.717, 1.165) is 44.7 Å². The van der Waals surface area contributed by atoms with Crippen LogP contribution in [0.3, 0.4) is 0 Å². The molecule has 0 aliphatic rings. The Morgan fingerprint density at radius 2 is 1.69 bits per heavy atom. The van der Waals surface area contributed by atoms with Gasteiger partial charge in [-0.3, -0.25) is 10.1 Å². The lowest BCUT2D eigenvalue weighted by atomic mass is 9.93.